The van der Waals surface area contributed by atoms with Crippen LogP contribution >= 0.6 is 12.4 Å². The third-order valence-corrected chi connectivity index (χ3v) is 4.25. The smallest absolute Gasteiger partial charge is 0.244 e. The first kappa shape index (κ1) is 16.9. The SMILES string of the molecule is CCc1ccc(NC(=O)C2(N)CC2)cc1S(N)(=O)=O.Cl. The highest BCUT2D eigenvalue weighted by molar-refractivity contribution is 7.89. The van der Waals surface area contributed by atoms with E-state index in [1.165, 1.54) is 6.07 Å². The zero-order chi connectivity index (χ0) is 14.3. The van der Waals surface area contributed by atoms with Gasteiger partial charge in [0.1, 0.15) is 0 Å². The Morgan fingerprint density at radius 2 is 2.00 bits per heavy atom. The lowest BCUT2D eigenvalue weighted by Crippen LogP contribution is -2.37. The Balaban J connectivity index is 0.00000200. The van der Waals surface area contributed by atoms with Gasteiger partial charge in [0, 0.05) is 5.69 Å². The van der Waals surface area contributed by atoms with Gasteiger partial charge in [-0.15, -0.1) is 12.4 Å². The number of aryl methyl sites for hydroxylation is 1. The highest BCUT2D eigenvalue weighted by Gasteiger charge is 2.45. The van der Waals surface area contributed by atoms with Crippen LogP contribution < -0.4 is 16.2 Å². The average molecular weight is 320 g/mol. The van der Waals surface area contributed by atoms with Gasteiger partial charge in [0.15, 0.2) is 0 Å². The van der Waals surface area contributed by atoms with E-state index >= 15 is 0 Å². The van der Waals surface area contributed by atoms with Crippen molar-refractivity contribution in [2.24, 2.45) is 10.9 Å². The van der Waals surface area contributed by atoms with Crippen LogP contribution in [0.15, 0.2) is 23.1 Å². The molecular formula is C12H18ClN3O3S. The van der Waals surface area contributed by atoms with Crippen LogP contribution in [-0.4, -0.2) is 19.9 Å². The lowest BCUT2D eigenvalue weighted by Gasteiger charge is -2.12. The van der Waals surface area contributed by atoms with Crippen molar-refractivity contribution in [3.05, 3.63) is 23.8 Å². The number of nitrogens with two attached hydrogens (primary N) is 2. The van der Waals surface area contributed by atoms with Crippen molar-refractivity contribution < 1.29 is 13.2 Å². The molecule has 112 valence electrons. The molecule has 1 fully saturated rings. The number of halogens is 1. The van der Waals surface area contributed by atoms with Gasteiger partial charge in [0.25, 0.3) is 0 Å². The van der Waals surface area contributed by atoms with E-state index in [0.717, 1.165) is 0 Å². The highest BCUT2D eigenvalue weighted by atomic mass is 35.5. The van der Waals surface area contributed by atoms with Gasteiger partial charge in [-0.25, -0.2) is 13.6 Å². The van der Waals surface area contributed by atoms with Crippen LogP contribution in [0.4, 0.5) is 5.69 Å². The van der Waals surface area contributed by atoms with E-state index in [1.54, 1.807) is 12.1 Å². The van der Waals surface area contributed by atoms with Gasteiger partial charge in [0.05, 0.1) is 10.4 Å². The third kappa shape index (κ3) is 3.49. The summed E-state index contributed by atoms with van der Waals surface area (Å²) in [7, 11) is -3.81. The molecule has 0 saturated heterocycles. The molecule has 0 radical (unpaired) electrons. The Morgan fingerprint density at radius 3 is 2.45 bits per heavy atom. The average Bonchev–Trinajstić information content (AvgIpc) is 3.07. The summed E-state index contributed by atoms with van der Waals surface area (Å²) in [5.74, 6) is -0.294. The number of sulfonamides is 1. The van der Waals surface area contributed by atoms with E-state index in [9.17, 15) is 13.2 Å². The molecular weight excluding hydrogens is 302 g/mol. The van der Waals surface area contributed by atoms with E-state index in [-0.39, 0.29) is 23.2 Å². The summed E-state index contributed by atoms with van der Waals surface area (Å²) in [6.07, 6.45) is 1.84. The summed E-state index contributed by atoms with van der Waals surface area (Å²) in [4.78, 5) is 11.8. The largest absolute Gasteiger partial charge is 0.324 e. The van der Waals surface area contributed by atoms with E-state index in [1.807, 2.05) is 6.92 Å². The van der Waals surface area contributed by atoms with Crippen LogP contribution in [0.2, 0.25) is 0 Å². The highest BCUT2D eigenvalue weighted by Crippen LogP contribution is 2.33. The summed E-state index contributed by atoms with van der Waals surface area (Å²) in [5, 5.41) is 7.79. The second-order valence-electron chi connectivity index (χ2n) is 4.83. The molecule has 1 aromatic carbocycles. The molecule has 2 rings (SSSR count). The van der Waals surface area contributed by atoms with Crippen molar-refractivity contribution in [1.82, 2.24) is 0 Å². The number of rotatable bonds is 4. The molecule has 1 amide bonds. The minimum absolute atomic E-state index is 0. The standard InChI is InChI=1S/C12H17N3O3S.ClH/c1-2-8-3-4-9(7-10(8)19(14,17)18)15-11(16)12(13)5-6-12;/h3-4,7H,2,5-6,13H2,1H3,(H,15,16)(H2,14,17,18);1H. The zero-order valence-corrected chi connectivity index (χ0v) is 12.7. The number of nitrogens with one attached hydrogen (secondary N) is 1. The summed E-state index contributed by atoms with van der Waals surface area (Å²) in [6, 6.07) is 4.67. The Labute approximate surface area is 124 Å². The molecule has 5 N–H and O–H groups in total. The van der Waals surface area contributed by atoms with E-state index in [4.69, 9.17) is 10.9 Å². The fourth-order valence-corrected chi connectivity index (χ4v) is 2.68. The van der Waals surface area contributed by atoms with Crippen LogP contribution in [-0.2, 0) is 21.2 Å². The van der Waals surface area contributed by atoms with Crippen LogP contribution in [0.1, 0.15) is 25.3 Å². The number of amides is 1. The van der Waals surface area contributed by atoms with E-state index in [2.05, 4.69) is 5.32 Å². The van der Waals surface area contributed by atoms with Crippen LogP contribution in [0.25, 0.3) is 0 Å². The van der Waals surface area contributed by atoms with E-state index < -0.39 is 15.6 Å². The first-order valence-corrected chi connectivity index (χ1v) is 7.57. The molecule has 0 unspecified atom stereocenters. The molecule has 1 aliphatic carbocycles. The number of hydrogen-bond donors (Lipinski definition) is 3. The number of anilines is 1. The lowest BCUT2D eigenvalue weighted by molar-refractivity contribution is -0.118. The van der Waals surface area contributed by atoms with Crippen molar-refractivity contribution >= 4 is 34.0 Å². The van der Waals surface area contributed by atoms with Crippen molar-refractivity contribution in [2.75, 3.05) is 5.32 Å². The summed E-state index contributed by atoms with van der Waals surface area (Å²) in [5.41, 5.74) is 5.97. The Hall–Kier alpha value is -1.15. The third-order valence-electron chi connectivity index (χ3n) is 3.25. The summed E-state index contributed by atoms with van der Waals surface area (Å²) >= 11 is 0. The molecule has 0 atom stereocenters. The monoisotopic (exact) mass is 319 g/mol. The second kappa shape index (κ2) is 5.69. The molecule has 8 heteroatoms. The predicted molar refractivity (Wildman–Crippen MR) is 79.2 cm³/mol. The molecule has 0 heterocycles. The lowest BCUT2D eigenvalue weighted by atomic mass is 10.1. The number of primary sulfonamides is 1. The molecule has 1 aliphatic rings. The first-order chi connectivity index (χ1) is 8.76. The van der Waals surface area contributed by atoms with Crippen LogP contribution in [0, 0.1) is 0 Å². The minimum Gasteiger partial charge on any atom is -0.324 e. The zero-order valence-electron chi connectivity index (χ0n) is 11.0. The maximum absolute atomic E-state index is 11.8. The van der Waals surface area contributed by atoms with Gasteiger partial charge in [-0.3, -0.25) is 4.79 Å². The second-order valence-corrected chi connectivity index (χ2v) is 6.36. The van der Waals surface area contributed by atoms with Crippen LogP contribution in [0.5, 0.6) is 0 Å². The number of carbonyl (C=O) groups excluding carboxylic acids is 1. The number of benzene rings is 1. The van der Waals surface area contributed by atoms with Crippen molar-refractivity contribution in [2.45, 2.75) is 36.6 Å². The molecule has 0 bridgehead atoms. The van der Waals surface area contributed by atoms with Gasteiger partial charge in [0.2, 0.25) is 15.9 Å². The van der Waals surface area contributed by atoms with Gasteiger partial charge < -0.3 is 11.1 Å². The molecule has 6 nitrogen and oxygen atoms in total. The fraction of sp³-hybridized carbons (Fsp3) is 0.417. The van der Waals surface area contributed by atoms with Gasteiger partial charge in [-0.05, 0) is 37.0 Å². The molecule has 1 aromatic rings. The predicted octanol–water partition coefficient (Wildman–Crippen LogP) is 0.748. The Kier molecular flexibility index (Phi) is 4.81. The Morgan fingerprint density at radius 1 is 1.40 bits per heavy atom. The van der Waals surface area contributed by atoms with Crippen molar-refractivity contribution in [3.63, 3.8) is 0 Å². The van der Waals surface area contributed by atoms with Gasteiger partial charge in [-0.1, -0.05) is 13.0 Å². The number of carbonyl (C=O) groups is 1. The molecule has 0 aliphatic heterocycles. The van der Waals surface area contributed by atoms with Crippen LogP contribution in [0.3, 0.4) is 0 Å². The maximum Gasteiger partial charge on any atom is 0.244 e. The fourth-order valence-electron chi connectivity index (χ4n) is 1.81. The molecule has 0 aromatic heterocycles. The van der Waals surface area contributed by atoms with Gasteiger partial charge >= 0.3 is 0 Å². The summed E-state index contributed by atoms with van der Waals surface area (Å²) in [6.45, 7) is 1.83. The van der Waals surface area contributed by atoms with Crippen molar-refractivity contribution in [1.29, 1.82) is 0 Å². The molecule has 1 saturated carbocycles. The van der Waals surface area contributed by atoms with Gasteiger partial charge in [-0.2, -0.15) is 0 Å². The quantitative estimate of drug-likeness (QED) is 0.759. The van der Waals surface area contributed by atoms with E-state index in [0.29, 0.717) is 30.5 Å². The maximum atomic E-state index is 11.8. The molecule has 0 spiro atoms. The first-order valence-electron chi connectivity index (χ1n) is 6.02. The number of hydrogen-bond acceptors (Lipinski definition) is 4. The topological polar surface area (TPSA) is 115 Å². The minimum atomic E-state index is -3.81. The van der Waals surface area contributed by atoms with Crippen molar-refractivity contribution in [3.8, 4) is 0 Å². The molecule has 20 heavy (non-hydrogen) atoms. The normalized spacial score (nSPS) is 16.1. The summed E-state index contributed by atoms with van der Waals surface area (Å²) < 4.78 is 23.0. The Bertz CT molecular complexity index is 627.